The number of nitrogens with zero attached hydrogens (tertiary/aromatic N) is 2. The van der Waals surface area contributed by atoms with Crippen LogP contribution in [0, 0.1) is 10.1 Å². The molecule has 7 nitrogen and oxygen atoms in total. The maximum absolute atomic E-state index is 12.3. The van der Waals surface area contributed by atoms with E-state index < -0.39 is 4.92 Å². The largest absolute Gasteiger partial charge is 0.457 e. The minimum absolute atomic E-state index is 0.0435. The normalized spacial score (nSPS) is 16.3. The van der Waals surface area contributed by atoms with Crippen LogP contribution >= 0.6 is 35.0 Å². The summed E-state index contributed by atoms with van der Waals surface area (Å²) in [5, 5.41) is 14.7. The van der Waals surface area contributed by atoms with Crippen LogP contribution in [0.5, 0.6) is 0 Å². The van der Waals surface area contributed by atoms with Crippen molar-refractivity contribution in [2.45, 2.75) is 0 Å². The predicted octanol–water partition coefficient (Wildman–Crippen LogP) is 6.05. The van der Waals surface area contributed by atoms with E-state index in [9.17, 15) is 14.9 Å². The molecule has 1 amide bonds. The molecule has 0 atom stereocenters. The molecule has 0 radical (unpaired) electrons. The topological polar surface area (TPSA) is 97.7 Å². The molecule has 1 saturated heterocycles. The summed E-state index contributed by atoms with van der Waals surface area (Å²) in [6.45, 7) is 0. The average molecular weight is 460 g/mol. The zero-order valence-electron chi connectivity index (χ0n) is 15.0. The van der Waals surface area contributed by atoms with Crippen molar-refractivity contribution in [3.05, 3.63) is 85.4 Å². The molecule has 1 aromatic heterocycles. The highest BCUT2D eigenvalue weighted by Crippen LogP contribution is 2.34. The summed E-state index contributed by atoms with van der Waals surface area (Å²) < 4.78 is 5.73. The van der Waals surface area contributed by atoms with Crippen molar-refractivity contribution in [2.75, 3.05) is 0 Å². The summed E-state index contributed by atoms with van der Waals surface area (Å²) in [6, 6.07) is 14.8. The maximum atomic E-state index is 12.3. The lowest BCUT2D eigenvalue weighted by Gasteiger charge is -1.99. The number of hydrogen-bond acceptors (Lipinski definition) is 6. The van der Waals surface area contributed by atoms with Crippen LogP contribution in [0.15, 0.2) is 68.9 Å². The zero-order valence-corrected chi connectivity index (χ0v) is 17.3. The van der Waals surface area contributed by atoms with Crippen LogP contribution in [0.2, 0.25) is 10.0 Å². The van der Waals surface area contributed by atoms with Gasteiger partial charge in [0.1, 0.15) is 16.5 Å². The van der Waals surface area contributed by atoms with Gasteiger partial charge in [0.15, 0.2) is 5.17 Å². The number of thioether (sulfide) groups is 1. The van der Waals surface area contributed by atoms with Crippen molar-refractivity contribution < 1.29 is 14.1 Å². The Hall–Kier alpha value is -3.07. The fraction of sp³-hybridized carbons (Fsp3) is 0. The Morgan fingerprint density at radius 3 is 2.67 bits per heavy atom. The maximum Gasteiger partial charge on any atom is 0.288 e. The number of benzene rings is 2. The molecule has 1 fully saturated rings. The lowest BCUT2D eigenvalue weighted by molar-refractivity contribution is -0.384. The number of nitrogens with one attached hydrogen (secondary N) is 1. The second-order valence-electron chi connectivity index (χ2n) is 6.06. The Balaban J connectivity index is 1.57. The van der Waals surface area contributed by atoms with E-state index >= 15 is 0 Å². The van der Waals surface area contributed by atoms with Gasteiger partial charge in [0, 0.05) is 17.7 Å². The van der Waals surface area contributed by atoms with E-state index in [1.54, 1.807) is 48.5 Å². The van der Waals surface area contributed by atoms with Gasteiger partial charge in [-0.25, -0.2) is 4.99 Å². The first-order valence-electron chi connectivity index (χ1n) is 8.49. The van der Waals surface area contributed by atoms with Gasteiger partial charge in [0.25, 0.3) is 11.6 Å². The Labute approximate surface area is 184 Å². The molecule has 30 heavy (non-hydrogen) atoms. The molecule has 2 aromatic carbocycles. The summed E-state index contributed by atoms with van der Waals surface area (Å²) >= 11 is 13.1. The first-order chi connectivity index (χ1) is 14.4. The Morgan fingerprint density at radius 2 is 1.90 bits per heavy atom. The van der Waals surface area contributed by atoms with Crippen LogP contribution in [0.1, 0.15) is 5.76 Å². The lowest BCUT2D eigenvalue weighted by Crippen LogP contribution is -2.19. The van der Waals surface area contributed by atoms with Gasteiger partial charge in [0.05, 0.1) is 20.5 Å². The third-order valence-electron chi connectivity index (χ3n) is 4.05. The monoisotopic (exact) mass is 459 g/mol. The van der Waals surface area contributed by atoms with Gasteiger partial charge in [0.2, 0.25) is 0 Å². The van der Waals surface area contributed by atoms with Gasteiger partial charge in [-0.2, -0.15) is 0 Å². The molecule has 10 heteroatoms. The van der Waals surface area contributed by atoms with Crippen molar-refractivity contribution in [1.29, 1.82) is 0 Å². The number of amides is 1. The van der Waals surface area contributed by atoms with Gasteiger partial charge < -0.3 is 9.73 Å². The average Bonchev–Trinajstić information content (AvgIpc) is 3.31. The number of amidine groups is 1. The highest BCUT2D eigenvalue weighted by Gasteiger charge is 2.24. The van der Waals surface area contributed by atoms with Crippen LogP contribution in [0.4, 0.5) is 11.4 Å². The van der Waals surface area contributed by atoms with E-state index in [1.807, 2.05) is 0 Å². The number of carbonyl (C=O) groups is 1. The second-order valence-corrected chi connectivity index (χ2v) is 7.90. The molecular formula is C20H11Cl2N3O4S. The van der Waals surface area contributed by atoms with Gasteiger partial charge in [-0.1, -0.05) is 35.3 Å². The SMILES string of the molecule is O=C1NC(=Nc2ccccc2Cl)S/C1=C/c1ccc(-c2ccc(Cl)c([N+](=O)[O-])c2)o1. The quantitative estimate of drug-likeness (QED) is 0.290. The first kappa shape index (κ1) is 20.2. The Morgan fingerprint density at radius 1 is 1.10 bits per heavy atom. The molecule has 0 saturated carbocycles. The fourth-order valence-electron chi connectivity index (χ4n) is 2.65. The molecule has 150 valence electrons. The Kier molecular flexibility index (Phi) is 5.63. The number of furan rings is 1. The number of nitro groups is 1. The molecular weight excluding hydrogens is 449 g/mol. The molecule has 0 bridgehead atoms. The van der Waals surface area contributed by atoms with E-state index in [-0.39, 0.29) is 16.6 Å². The van der Waals surface area contributed by atoms with E-state index in [0.29, 0.717) is 37.9 Å². The second kappa shape index (κ2) is 8.35. The number of para-hydroxylation sites is 1. The van der Waals surface area contributed by atoms with Crippen molar-refractivity contribution in [2.24, 2.45) is 4.99 Å². The standard InChI is InChI=1S/C20H11Cl2N3O4S/c21-13-3-1-2-4-15(13)23-20-24-19(26)18(30-20)10-12-6-8-17(29-12)11-5-7-14(22)16(9-11)25(27)28/h1-10H,(H,23,24,26)/b18-10+. The molecule has 4 rings (SSSR count). The van der Waals surface area contributed by atoms with Gasteiger partial charge in [-0.3, -0.25) is 14.9 Å². The van der Waals surface area contributed by atoms with Crippen molar-refractivity contribution in [3.63, 3.8) is 0 Å². The van der Waals surface area contributed by atoms with Gasteiger partial charge >= 0.3 is 0 Å². The number of rotatable bonds is 4. The van der Waals surface area contributed by atoms with Crippen LogP contribution in [0.3, 0.4) is 0 Å². The summed E-state index contributed by atoms with van der Waals surface area (Å²) in [5.41, 5.74) is 0.838. The molecule has 0 spiro atoms. The Bertz CT molecular complexity index is 1240. The van der Waals surface area contributed by atoms with Crippen molar-refractivity contribution in [3.8, 4) is 11.3 Å². The van der Waals surface area contributed by atoms with Crippen molar-refractivity contribution in [1.82, 2.24) is 5.32 Å². The molecule has 0 aliphatic carbocycles. The van der Waals surface area contributed by atoms with Gasteiger partial charge in [-0.15, -0.1) is 0 Å². The fourth-order valence-corrected chi connectivity index (χ4v) is 3.83. The van der Waals surface area contributed by atoms with Gasteiger partial charge in [-0.05, 0) is 48.2 Å². The van der Waals surface area contributed by atoms with Crippen molar-refractivity contribution >= 4 is 63.5 Å². The number of carbonyl (C=O) groups excluding carboxylic acids is 1. The smallest absolute Gasteiger partial charge is 0.288 e. The molecule has 2 heterocycles. The van der Waals surface area contributed by atoms with Crippen LogP contribution < -0.4 is 5.32 Å². The van der Waals surface area contributed by atoms with E-state index in [2.05, 4.69) is 10.3 Å². The molecule has 3 aromatic rings. The van der Waals surface area contributed by atoms with E-state index in [0.717, 1.165) is 11.8 Å². The lowest BCUT2D eigenvalue weighted by atomic mass is 10.1. The molecule has 1 aliphatic heterocycles. The van der Waals surface area contributed by atoms with E-state index in [1.165, 1.54) is 12.1 Å². The molecule has 1 N–H and O–H groups in total. The first-order valence-corrected chi connectivity index (χ1v) is 10.1. The minimum atomic E-state index is -0.559. The molecule has 1 aliphatic rings. The highest BCUT2D eigenvalue weighted by molar-refractivity contribution is 8.18. The van der Waals surface area contributed by atoms with E-state index in [4.69, 9.17) is 27.6 Å². The van der Waals surface area contributed by atoms with Crippen LogP contribution in [-0.4, -0.2) is 16.0 Å². The molecule has 0 unspecified atom stereocenters. The number of halogens is 2. The third-order valence-corrected chi connectivity index (χ3v) is 5.60. The van der Waals surface area contributed by atoms with Crippen LogP contribution in [0.25, 0.3) is 17.4 Å². The summed E-state index contributed by atoms with van der Waals surface area (Å²) in [7, 11) is 0. The predicted molar refractivity (Wildman–Crippen MR) is 118 cm³/mol. The summed E-state index contributed by atoms with van der Waals surface area (Å²) in [5.74, 6) is 0.514. The minimum Gasteiger partial charge on any atom is -0.457 e. The number of nitro benzene ring substituents is 1. The summed E-state index contributed by atoms with van der Waals surface area (Å²) in [4.78, 5) is 27.5. The summed E-state index contributed by atoms with van der Waals surface area (Å²) in [6.07, 6.45) is 1.57. The number of hydrogen-bond donors (Lipinski definition) is 1. The third kappa shape index (κ3) is 4.25. The highest BCUT2D eigenvalue weighted by atomic mass is 35.5. The number of aliphatic imine (C=N–C) groups is 1. The van der Waals surface area contributed by atoms with Crippen LogP contribution in [-0.2, 0) is 4.79 Å². The zero-order chi connectivity index (χ0) is 21.3.